The Labute approximate surface area is 270 Å². The average Bonchev–Trinajstić information content (AvgIpc) is 3.67. The van der Waals surface area contributed by atoms with Crippen LogP contribution in [-0.4, -0.2) is 86.1 Å². The van der Waals surface area contributed by atoms with Crippen LogP contribution < -0.4 is 5.32 Å². The first-order valence-corrected chi connectivity index (χ1v) is 19.1. The summed E-state index contributed by atoms with van der Waals surface area (Å²) in [6.45, 7) is 20.7. The summed E-state index contributed by atoms with van der Waals surface area (Å²) in [5.74, 6) is -1.31. The zero-order valence-corrected chi connectivity index (χ0v) is 29.8. The minimum atomic E-state index is -2.17. The fourth-order valence-electron chi connectivity index (χ4n) is 5.73. The summed E-state index contributed by atoms with van der Waals surface area (Å²) in [6.07, 6.45) is 9.24. The first kappa shape index (κ1) is 37.1. The highest BCUT2D eigenvalue weighted by Gasteiger charge is 2.61. The summed E-state index contributed by atoms with van der Waals surface area (Å²) in [6, 6.07) is -0.126. The molecule has 3 aliphatic rings. The molecule has 0 bridgehead atoms. The van der Waals surface area contributed by atoms with E-state index in [4.69, 9.17) is 23.4 Å². The second-order valence-corrected chi connectivity index (χ2v) is 19.4. The number of hydrogen-bond donors (Lipinski definition) is 2. The molecule has 0 aromatic rings. The van der Waals surface area contributed by atoms with E-state index >= 15 is 0 Å². The minimum Gasteiger partial charge on any atom is -0.481 e. The predicted molar refractivity (Wildman–Crippen MR) is 174 cm³/mol. The Hall–Kier alpha value is -2.31. The molecule has 3 heterocycles. The van der Waals surface area contributed by atoms with Crippen molar-refractivity contribution in [1.29, 1.82) is 0 Å². The summed E-state index contributed by atoms with van der Waals surface area (Å²) < 4.78 is 30.6. The molecular formula is C34H55NO9Si. The first-order chi connectivity index (χ1) is 20.8. The van der Waals surface area contributed by atoms with Crippen LogP contribution in [0.5, 0.6) is 0 Å². The van der Waals surface area contributed by atoms with Gasteiger partial charge < -0.3 is 33.8 Å². The van der Waals surface area contributed by atoms with Gasteiger partial charge in [0.1, 0.15) is 23.9 Å². The van der Waals surface area contributed by atoms with Crippen molar-refractivity contribution in [3.05, 3.63) is 36.0 Å². The van der Waals surface area contributed by atoms with Crippen molar-refractivity contribution in [1.82, 2.24) is 5.32 Å². The Morgan fingerprint density at radius 2 is 1.80 bits per heavy atom. The topological polar surface area (TPSA) is 133 Å². The Kier molecular flexibility index (Phi) is 12.4. The quantitative estimate of drug-likeness (QED) is 0.0928. The number of amides is 1. The highest BCUT2D eigenvalue weighted by molar-refractivity contribution is 6.74. The fraction of sp³-hybridized carbons (Fsp3) is 0.735. The van der Waals surface area contributed by atoms with Gasteiger partial charge in [0.15, 0.2) is 8.32 Å². The number of carbonyl (C=O) groups is 3. The smallest absolute Gasteiger partial charge is 0.305 e. The van der Waals surface area contributed by atoms with Crippen molar-refractivity contribution >= 4 is 26.2 Å². The number of nitrogens with one attached hydrogen (secondary N) is 1. The molecule has 3 fully saturated rings. The van der Waals surface area contributed by atoms with Crippen molar-refractivity contribution in [2.75, 3.05) is 6.61 Å². The molecule has 0 unspecified atom stereocenters. The molecule has 254 valence electrons. The standard InChI is InChI=1S/C34H55NO9Si/c1-21(11-14-28-22(2)17-27(24(4)42-28)35-30(37)16-13-23(3)41-25(5)36)12-15-29-32(44-45(9,10)33(6,7)8)34(20-40-34)19-26(43-29)18-31(38)39/h11-13,15-16,22-24,26-29,32H,14,17-20H2,1-10H3,(H,35,37)(H,38,39)/t22-,23-,24+,26+,27+,28-,29+,32+,34+/m0/s1. The zero-order valence-electron chi connectivity index (χ0n) is 28.8. The molecule has 3 aliphatic heterocycles. The highest BCUT2D eigenvalue weighted by Crippen LogP contribution is 2.48. The fourth-order valence-corrected chi connectivity index (χ4v) is 7.07. The van der Waals surface area contributed by atoms with Crippen molar-refractivity contribution in [2.45, 2.75) is 147 Å². The van der Waals surface area contributed by atoms with E-state index in [1.54, 1.807) is 13.0 Å². The van der Waals surface area contributed by atoms with Gasteiger partial charge in [-0.25, -0.2) is 0 Å². The van der Waals surface area contributed by atoms with E-state index in [0.717, 1.165) is 12.0 Å². The molecule has 0 aromatic heterocycles. The van der Waals surface area contributed by atoms with Crippen LogP contribution in [-0.2, 0) is 37.8 Å². The van der Waals surface area contributed by atoms with Crippen LogP contribution in [0.4, 0.5) is 0 Å². The third kappa shape index (κ3) is 10.6. The third-order valence-electron chi connectivity index (χ3n) is 9.52. The summed E-state index contributed by atoms with van der Waals surface area (Å²) in [5.41, 5.74) is 0.534. The van der Waals surface area contributed by atoms with Crippen LogP contribution in [0, 0.1) is 5.92 Å². The number of esters is 1. The molecule has 0 aromatic carbocycles. The van der Waals surface area contributed by atoms with Gasteiger partial charge in [0, 0.05) is 19.4 Å². The maximum atomic E-state index is 12.5. The van der Waals surface area contributed by atoms with E-state index in [0.29, 0.717) is 19.4 Å². The number of carbonyl (C=O) groups excluding carboxylic acids is 2. The summed E-state index contributed by atoms with van der Waals surface area (Å²) in [7, 11) is -2.17. The number of carboxylic acids is 1. The molecule has 0 radical (unpaired) electrons. The molecule has 9 atom stereocenters. The zero-order chi connectivity index (χ0) is 33.7. The van der Waals surface area contributed by atoms with Crippen LogP contribution in [0.15, 0.2) is 36.0 Å². The van der Waals surface area contributed by atoms with E-state index in [1.165, 1.54) is 13.0 Å². The van der Waals surface area contributed by atoms with Crippen molar-refractivity contribution < 1.29 is 42.9 Å². The molecular weight excluding hydrogens is 594 g/mol. The molecule has 0 saturated carbocycles. The van der Waals surface area contributed by atoms with Gasteiger partial charge in [0.05, 0.1) is 37.4 Å². The molecule has 3 saturated heterocycles. The lowest BCUT2D eigenvalue weighted by molar-refractivity contribution is -0.153. The van der Waals surface area contributed by atoms with Gasteiger partial charge in [0.2, 0.25) is 5.91 Å². The molecule has 1 spiro atoms. The van der Waals surface area contributed by atoms with E-state index < -0.39 is 44.2 Å². The predicted octanol–water partition coefficient (Wildman–Crippen LogP) is 5.48. The van der Waals surface area contributed by atoms with Gasteiger partial charge in [-0.1, -0.05) is 51.5 Å². The van der Waals surface area contributed by atoms with Crippen LogP contribution in [0.3, 0.4) is 0 Å². The second kappa shape index (κ2) is 15.1. The lowest BCUT2D eigenvalue weighted by Crippen LogP contribution is -2.57. The van der Waals surface area contributed by atoms with Gasteiger partial charge in [-0.3, -0.25) is 14.4 Å². The number of ether oxygens (including phenoxy) is 4. The summed E-state index contributed by atoms with van der Waals surface area (Å²) in [4.78, 5) is 35.1. The Balaban J connectivity index is 1.63. The lowest BCUT2D eigenvalue weighted by Gasteiger charge is -2.46. The van der Waals surface area contributed by atoms with Crippen LogP contribution in [0.25, 0.3) is 0 Å². The van der Waals surface area contributed by atoms with E-state index in [1.807, 2.05) is 26.0 Å². The Morgan fingerprint density at radius 1 is 1.13 bits per heavy atom. The SMILES string of the molecule is CC(=O)O[C@@H](C)C=CC(=O)N[C@@H]1C[C@H](C)[C@H](CC=C(C)C=C[C@H]2O[C@H](CC(=O)O)C[C@@]3(CO3)[C@@H]2O[Si](C)(C)C(C)(C)C)O[C@@H]1C. The van der Waals surface area contributed by atoms with Crippen molar-refractivity contribution in [3.8, 4) is 0 Å². The van der Waals surface area contributed by atoms with Crippen LogP contribution in [0.2, 0.25) is 18.1 Å². The number of rotatable bonds is 12. The Bertz CT molecular complexity index is 1150. The molecule has 45 heavy (non-hydrogen) atoms. The molecule has 0 aliphatic carbocycles. The maximum Gasteiger partial charge on any atom is 0.305 e. The summed E-state index contributed by atoms with van der Waals surface area (Å²) >= 11 is 0. The highest BCUT2D eigenvalue weighted by atomic mass is 28.4. The normalized spacial score (nSPS) is 33.4. The summed E-state index contributed by atoms with van der Waals surface area (Å²) in [5, 5.41) is 12.5. The minimum absolute atomic E-state index is 0.000268. The monoisotopic (exact) mass is 649 g/mol. The molecule has 10 nitrogen and oxygen atoms in total. The van der Waals surface area contributed by atoms with E-state index in [-0.39, 0.29) is 47.6 Å². The number of aliphatic carboxylic acids is 1. The first-order valence-electron chi connectivity index (χ1n) is 16.2. The maximum absolute atomic E-state index is 12.5. The van der Waals surface area contributed by atoms with E-state index in [2.05, 4.69) is 52.2 Å². The lowest BCUT2D eigenvalue weighted by atomic mass is 9.87. The molecule has 2 N–H and O–H groups in total. The van der Waals surface area contributed by atoms with Gasteiger partial charge >= 0.3 is 11.9 Å². The second-order valence-electron chi connectivity index (χ2n) is 14.6. The van der Waals surface area contributed by atoms with Gasteiger partial charge in [-0.2, -0.15) is 0 Å². The van der Waals surface area contributed by atoms with Crippen molar-refractivity contribution in [2.24, 2.45) is 5.92 Å². The van der Waals surface area contributed by atoms with Crippen molar-refractivity contribution in [3.63, 3.8) is 0 Å². The number of hydrogen-bond acceptors (Lipinski definition) is 8. The molecule has 11 heteroatoms. The van der Waals surface area contributed by atoms with Crippen LogP contribution in [0.1, 0.15) is 81.1 Å². The molecule has 1 amide bonds. The Morgan fingerprint density at radius 3 is 2.38 bits per heavy atom. The van der Waals surface area contributed by atoms with Gasteiger partial charge in [-0.05, 0) is 63.7 Å². The number of allylic oxidation sites excluding steroid dienone is 2. The largest absolute Gasteiger partial charge is 0.481 e. The van der Waals surface area contributed by atoms with Crippen LogP contribution >= 0.6 is 0 Å². The number of epoxide rings is 1. The van der Waals surface area contributed by atoms with E-state index in [9.17, 15) is 19.5 Å². The number of carboxylic acid groups (broad SMARTS) is 1. The van der Waals surface area contributed by atoms with Gasteiger partial charge in [0.25, 0.3) is 0 Å². The van der Waals surface area contributed by atoms with Gasteiger partial charge in [-0.15, -0.1) is 0 Å². The molecule has 3 rings (SSSR count). The average molecular weight is 650 g/mol. The third-order valence-corrected chi connectivity index (χ3v) is 14.0.